The van der Waals surface area contributed by atoms with Crippen LogP contribution in [0.3, 0.4) is 0 Å². The van der Waals surface area contributed by atoms with Gasteiger partial charge in [0, 0.05) is 23.8 Å². The Morgan fingerprint density at radius 2 is 1.84 bits per heavy atom. The molecule has 1 heterocycles. The molecule has 1 aromatic heterocycles. The van der Waals surface area contributed by atoms with Gasteiger partial charge in [0.2, 0.25) is 0 Å². The van der Waals surface area contributed by atoms with Gasteiger partial charge in [-0.2, -0.15) is 0 Å². The standard InChI is InChI=1S/C15H15ClN2O/c1-11(13-6-8-17-9-7-13)18-15(19)14-4-2-12(10-16)3-5-14/h2-9,11H,10H2,1H3,(H,18,19). The summed E-state index contributed by atoms with van der Waals surface area (Å²) in [6.45, 7) is 1.94. The second kappa shape index (κ2) is 6.34. The van der Waals surface area contributed by atoms with Crippen LogP contribution in [0.2, 0.25) is 0 Å². The third kappa shape index (κ3) is 3.55. The lowest BCUT2D eigenvalue weighted by atomic mass is 10.1. The molecule has 1 atom stereocenters. The second-order valence-corrected chi connectivity index (χ2v) is 4.57. The molecule has 0 aliphatic rings. The summed E-state index contributed by atoms with van der Waals surface area (Å²) in [5.74, 6) is 0.361. The van der Waals surface area contributed by atoms with Gasteiger partial charge in [-0.1, -0.05) is 12.1 Å². The molecule has 0 radical (unpaired) electrons. The van der Waals surface area contributed by atoms with Crippen LogP contribution in [0.15, 0.2) is 48.8 Å². The Bertz CT molecular complexity index is 540. The molecule has 0 saturated carbocycles. The summed E-state index contributed by atoms with van der Waals surface area (Å²) >= 11 is 5.72. The summed E-state index contributed by atoms with van der Waals surface area (Å²) in [5, 5.41) is 2.95. The van der Waals surface area contributed by atoms with Gasteiger partial charge in [-0.15, -0.1) is 11.6 Å². The van der Waals surface area contributed by atoms with Crippen LogP contribution in [0.1, 0.15) is 34.5 Å². The molecular weight excluding hydrogens is 260 g/mol. The van der Waals surface area contributed by atoms with Crippen molar-refractivity contribution in [3.63, 3.8) is 0 Å². The summed E-state index contributed by atoms with van der Waals surface area (Å²) in [7, 11) is 0. The van der Waals surface area contributed by atoms with Crippen molar-refractivity contribution < 1.29 is 4.79 Å². The number of benzene rings is 1. The van der Waals surface area contributed by atoms with Gasteiger partial charge in [0.05, 0.1) is 6.04 Å². The molecule has 0 bridgehead atoms. The third-order valence-corrected chi connectivity index (χ3v) is 3.23. The van der Waals surface area contributed by atoms with Crippen LogP contribution in [-0.4, -0.2) is 10.9 Å². The molecule has 0 saturated heterocycles. The average molecular weight is 275 g/mol. The first-order valence-electron chi connectivity index (χ1n) is 6.06. The van der Waals surface area contributed by atoms with Crippen molar-refractivity contribution in [3.05, 3.63) is 65.5 Å². The molecule has 4 heteroatoms. The fourth-order valence-corrected chi connectivity index (χ4v) is 1.94. The van der Waals surface area contributed by atoms with E-state index in [4.69, 9.17) is 11.6 Å². The molecule has 1 N–H and O–H groups in total. The quantitative estimate of drug-likeness (QED) is 0.869. The SMILES string of the molecule is CC(NC(=O)c1ccc(CCl)cc1)c1ccncc1. The highest BCUT2D eigenvalue weighted by Gasteiger charge is 2.10. The molecule has 0 fully saturated rings. The minimum Gasteiger partial charge on any atom is -0.346 e. The number of hydrogen-bond acceptors (Lipinski definition) is 2. The molecule has 3 nitrogen and oxygen atoms in total. The summed E-state index contributed by atoms with van der Waals surface area (Å²) in [6.07, 6.45) is 3.43. The van der Waals surface area contributed by atoms with Gasteiger partial charge >= 0.3 is 0 Å². The fourth-order valence-electron chi connectivity index (χ4n) is 1.76. The van der Waals surface area contributed by atoms with Crippen LogP contribution >= 0.6 is 11.6 Å². The molecule has 1 unspecified atom stereocenters. The zero-order valence-corrected chi connectivity index (χ0v) is 11.4. The van der Waals surface area contributed by atoms with Crippen molar-refractivity contribution in [2.75, 3.05) is 0 Å². The zero-order valence-electron chi connectivity index (χ0n) is 10.6. The van der Waals surface area contributed by atoms with Gasteiger partial charge in [-0.3, -0.25) is 9.78 Å². The Hall–Kier alpha value is -1.87. The number of rotatable bonds is 4. The molecule has 2 rings (SSSR count). The highest BCUT2D eigenvalue weighted by molar-refractivity contribution is 6.17. The highest BCUT2D eigenvalue weighted by Crippen LogP contribution is 2.12. The first kappa shape index (κ1) is 13.6. The fraction of sp³-hybridized carbons (Fsp3) is 0.200. The summed E-state index contributed by atoms with van der Waals surface area (Å²) < 4.78 is 0. The predicted molar refractivity (Wildman–Crippen MR) is 76.1 cm³/mol. The predicted octanol–water partition coefficient (Wildman–Crippen LogP) is 3.31. The summed E-state index contributed by atoms with van der Waals surface area (Å²) in [4.78, 5) is 16.0. The largest absolute Gasteiger partial charge is 0.346 e. The first-order valence-corrected chi connectivity index (χ1v) is 6.60. The molecule has 1 amide bonds. The average Bonchev–Trinajstić information content (AvgIpc) is 2.48. The summed E-state index contributed by atoms with van der Waals surface area (Å²) in [6, 6.07) is 11.0. The van der Waals surface area contributed by atoms with E-state index in [2.05, 4.69) is 10.3 Å². The Kier molecular flexibility index (Phi) is 4.53. The van der Waals surface area contributed by atoms with Gasteiger partial charge in [0.15, 0.2) is 0 Å². The highest BCUT2D eigenvalue weighted by atomic mass is 35.5. The smallest absolute Gasteiger partial charge is 0.251 e. The van der Waals surface area contributed by atoms with Crippen molar-refractivity contribution in [3.8, 4) is 0 Å². The minimum atomic E-state index is -0.0922. The van der Waals surface area contributed by atoms with Gasteiger partial charge < -0.3 is 5.32 Å². The van der Waals surface area contributed by atoms with Crippen molar-refractivity contribution in [2.45, 2.75) is 18.8 Å². The Morgan fingerprint density at radius 1 is 1.21 bits per heavy atom. The maximum absolute atomic E-state index is 12.1. The summed E-state index contributed by atoms with van der Waals surface area (Å²) in [5.41, 5.74) is 2.66. The maximum atomic E-state index is 12.1. The van der Waals surface area contributed by atoms with E-state index in [9.17, 15) is 4.79 Å². The number of alkyl halides is 1. The molecule has 98 valence electrons. The molecule has 1 aromatic carbocycles. The molecule has 0 spiro atoms. The van der Waals surface area contributed by atoms with Crippen molar-refractivity contribution in [2.24, 2.45) is 0 Å². The van der Waals surface area contributed by atoms with E-state index in [0.29, 0.717) is 11.4 Å². The number of aromatic nitrogens is 1. The van der Waals surface area contributed by atoms with Gasteiger partial charge in [0.25, 0.3) is 5.91 Å². The van der Waals surface area contributed by atoms with Crippen LogP contribution in [0.4, 0.5) is 0 Å². The lowest BCUT2D eigenvalue weighted by molar-refractivity contribution is 0.0940. The second-order valence-electron chi connectivity index (χ2n) is 4.31. The monoisotopic (exact) mass is 274 g/mol. The van der Waals surface area contributed by atoms with Crippen molar-refractivity contribution >= 4 is 17.5 Å². The van der Waals surface area contributed by atoms with E-state index < -0.39 is 0 Å². The molecule has 0 aliphatic heterocycles. The number of nitrogens with zero attached hydrogens (tertiary/aromatic N) is 1. The van der Waals surface area contributed by atoms with E-state index in [1.165, 1.54) is 0 Å². The number of carbonyl (C=O) groups is 1. The van der Waals surface area contributed by atoms with Gasteiger partial charge in [-0.25, -0.2) is 0 Å². The number of amides is 1. The molecule has 19 heavy (non-hydrogen) atoms. The minimum absolute atomic E-state index is 0.0526. The Morgan fingerprint density at radius 3 is 2.42 bits per heavy atom. The Balaban J connectivity index is 2.04. The lowest BCUT2D eigenvalue weighted by Gasteiger charge is -2.14. The number of pyridine rings is 1. The van der Waals surface area contributed by atoms with Crippen LogP contribution in [0, 0.1) is 0 Å². The molecular formula is C15H15ClN2O. The number of carbonyl (C=O) groups excluding carboxylic acids is 1. The van der Waals surface area contributed by atoms with E-state index in [-0.39, 0.29) is 11.9 Å². The van der Waals surface area contributed by atoms with Crippen molar-refractivity contribution in [1.82, 2.24) is 10.3 Å². The van der Waals surface area contributed by atoms with Gasteiger partial charge in [-0.05, 0) is 42.3 Å². The number of nitrogens with one attached hydrogen (secondary N) is 1. The van der Waals surface area contributed by atoms with Crippen LogP contribution in [0.5, 0.6) is 0 Å². The van der Waals surface area contributed by atoms with Gasteiger partial charge in [0.1, 0.15) is 0 Å². The van der Waals surface area contributed by atoms with Crippen LogP contribution < -0.4 is 5.32 Å². The molecule has 0 aliphatic carbocycles. The first-order chi connectivity index (χ1) is 9.20. The topological polar surface area (TPSA) is 42.0 Å². The third-order valence-electron chi connectivity index (χ3n) is 2.92. The van der Waals surface area contributed by atoms with E-state index in [0.717, 1.165) is 11.1 Å². The van der Waals surface area contributed by atoms with E-state index >= 15 is 0 Å². The number of halogens is 1. The van der Waals surface area contributed by atoms with Crippen LogP contribution in [-0.2, 0) is 5.88 Å². The van der Waals surface area contributed by atoms with Crippen molar-refractivity contribution in [1.29, 1.82) is 0 Å². The van der Waals surface area contributed by atoms with Crippen LogP contribution in [0.25, 0.3) is 0 Å². The normalized spacial score (nSPS) is 11.9. The maximum Gasteiger partial charge on any atom is 0.251 e. The molecule has 2 aromatic rings. The Labute approximate surface area is 117 Å². The van der Waals surface area contributed by atoms with E-state index in [1.54, 1.807) is 24.5 Å². The van der Waals surface area contributed by atoms with E-state index in [1.807, 2.05) is 31.2 Å². The zero-order chi connectivity index (χ0) is 13.7. The lowest BCUT2D eigenvalue weighted by Crippen LogP contribution is -2.26. The number of hydrogen-bond donors (Lipinski definition) is 1.